The fourth-order valence-electron chi connectivity index (χ4n) is 2.42. The Kier molecular flexibility index (Phi) is 5.95. The third kappa shape index (κ3) is 4.59. The van der Waals surface area contributed by atoms with Crippen molar-refractivity contribution in [1.82, 2.24) is 5.32 Å². The first-order valence-corrected chi connectivity index (χ1v) is 7.95. The number of likely N-dealkylation sites (N-methyl/N-ethyl adjacent to an activating group) is 1. The molecule has 0 unspecified atom stereocenters. The van der Waals surface area contributed by atoms with E-state index in [4.69, 9.17) is 0 Å². The number of carbonyl (C=O) groups excluding carboxylic acids is 2. The Morgan fingerprint density at radius 2 is 1.83 bits per heavy atom. The summed E-state index contributed by atoms with van der Waals surface area (Å²) in [7, 11) is 0. The van der Waals surface area contributed by atoms with Crippen LogP contribution in [0.2, 0.25) is 0 Å². The van der Waals surface area contributed by atoms with Gasteiger partial charge in [0.25, 0.3) is 0 Å². The molecule has 0 aliphatic carbocycles. The number of aryl methyl sites for hydroxylation is 1. The molecule has 126 valence electrons. The van der Waals surface area contributed by atoms with E-state index in [2.05, 4.69) is 5.32 Å². The van der Waals surface area contributed by atoms with Crippen molar-refractivity contribution in [2.45, 2.75) is 20.3 Å². The maximum absolute atomic E-state index is 12.4. The molecule has 2 N–H and O–H groups in total. The predicted molar refractivity (Wildman–Crippen MR) is 94.0 cm³/mol. The molecule has 0 fully saturated rings. The Labute approximate surface area is 141 Å². The summed E-state index contributed by atoms with van der Waals surface area (Å²) in [5.74, 6) is -0.972. The van der Waals surface area contributed by atoms with Gasteiger partial charge in [-0.25, -0.2) is 0 Å². The van der Waals surface area contributed by atoms with Crippen molar-refractivity contribution in [2.75, 3.05) is 18.0 Å². The molecular weight excluding hydrogens is 304 g/mol. The minimum absolute atomic E-state index is 0.203. The minimum Gasteiger partial charge on any atom is -0.508 e. The first kappa shape index (κ1) is 17.5. The van der Waals surface area contributed by atoms with E-state index in [-0.39, 0.29) is 5.75 Å². The molecule has 0 heterocycles. The van der Waals surface area contributed by atoms with Gasteiger partial charge in [-0.1, -0.05) is 24.3 Å². The smallest absolute Gasteiger partial charge is 0.316 e. The molecule has 24 heavy (non-hydrogen) atoms. The van der Waals surface area contributed by atoms with Crippen LogP contribution in [0.15, 0.2) is 48.5 Å². The maximum atomic E-state index is 12.4. The molecule has 5 nitrogen and oxygen atoms in total. The Balaban J connectivity index is 1.92. The zero-order valence-corrected chi connectivity index (χ0v) is 14.0. The van der Waals surface area contributed by atoms with Gasteiger partial charge in [0.05, 0.1) is 0 Å². The van der Waals surface area contributed by atoms with Crippen LogP contribution < -0.4 is 10.2 Å². The minimum atomic E-state index is -0.614. The number of anilines is 1. The van der Waals surface area contributed by atoms with Crippen LogP contribution in [0.4, 0.5) is 5.69 Å². The second-order valence-corrected chi connectivity index (χ2v) is 5.56. The molecule has 2 amide bonds. The summed E-state index contributed by atoms with van der Waals surface area (Å²) in [4.78, 5) is 25.9. The highest BCUT2D eigenvalue weighted by atomic mass is 16.3. The molecule has 2 aromatic rings. The lowest BCUT2D eigenvalue weighted by atomic mass is 10.1. The molecule has 0 radical (unpaired) electrons. The first-order chi connectivity index (χ1) is 11.5. The standard InChI is InChI=1S/C19H22N2O3/c1-3-21(16-6-4-5-14(2)13-16)19(24)18(23)20-12-11-15-7-9-17(22)10-8-15/h4-10,13,22H,3,11-12H2,1-2H3,(H,20,23). The number of nitrogens with one attached hydrogen (secondary N) is 1. The highest BCUT2D eigenvalue weighted by Crippen LogP contribution is 2.16. The van der Waals surface area contributed by atoms with Crippen molar-refractivity contribution < 1.29 is 14.7 Å². The van der Waals surface area contributed by atoms with Gasteiger partial charge in [0.15, 0.2) is 0 Å². The lowest BCUT2D eigenvalue weighted by Gasteiger charge is -2.20. The van der Waals surface area contributed by atoms with Crippen LogP contribution in [-0.2, 0) is 16.0 Å². The van der Waals surface area contributed by atoms with E-state index in [1.54, 1.807) is 24.3 Å². The van der Waals surface area contributed by atoms with Gasteiger partial charge >= 0.3 is 11.8 Å². The molecule has 0 atom stereocenters. The number of nitrogens with zero attached hydrogens (tertiary/aromatic N) is 1. The Bertz CT molecular complexity index is 711. The van der Waals surface area contributed by atoms with E-state index in [1.807, 2.05) is 38.1 Å². The molecule has 0 saturated heterocycles. The summed E-state index contributed by atoms with van der Waals surface area (Å²) >= 11 is 0. The van der Waals surface area contributed by atoms with Gasteiger partial charge in [0.1, 0.15) is 5.75 Å². The van der Waals surface area contributed by atoms with Gasteiger partial charge < -0.3 is 15.3 Å². The van der Waals surface area contributed by atoms with Crippen molar-refractivity contribution in [3.63, 3.8) is 0 Å². The van der Waals surface area contributed by atoms with E-state index in [1.165, 1.54) is 4.90 Å². The third-order valence-electron chi connectivity index (χ3n) is 3.70. The molecule has 0 aliphatic rings. The second-order valence-electron chi connectivity index (χ2n) is 5.56. The molecular formula is C19H22N2O3. The largest absolute Gasteiger partial charge is 0.508 e. The van der Waals surface area contributed by atoms with Crippen molar-refractivity contribution >= 4 is 17.5 Å². The summed E-state index contributed by atoms with van der Waals surface area (Å²) < 4.78 is 0. The van der Waals surface area contributed by atoms with Crippen LogP contribution in [0, 0.1) is 6.92 Å². The molecule has 0 saturated carbocycles. The van der Waals surface area contributed by atoms with Crippen LogP contribution >= 0.6 is 0 Å². The summed E-state index contributed by atoms with van der Waals surface area (Å²) in [6.45, 7) is 4.57. The topological polar surface area (TPSA) is 69.6 Å². The number of benzene rings is 2. The number of phenols is 1. The van der Waals surface area contributed by atoms with Gasteiger partial charge in [-0.2, -0.15) is 0 Å². The van der Waals surface area contributed by atoms with Crippen LogP contribution in [0.1, 0.15) is 18.1 Å². The van der Waals surface area contributed by atoms with Gasteiger partial charge in [0.2, 0.25) is 0 Å². The SMILES string of the molecule is CCN(C(=O)C(=O)NCCc1ccc(O)cc1)c1cccc(C)c1. The van der Waals surface area contributed by atoms with Crippen molar-refractivity contribution in [2.24, 2.45) is 0 Å². The molecule has 0 aromatic heterocycles. The number of rotatable bonds is 5. The van der Waals surface area contributed by atoms with E-state index in [0.29, 0.717) is 19.5 Å². The van der Waals surface area contributed by atoms with Crippen LogP contribution in [0.25, 0.3) is 0 Å². The van der Waals surface area contributed by atoms with E-state index >= 15 is 0 Å². The van der Waals surface area contributed by atoms with Crippen LogP contribution in [-0.4, -0.2) is 30.0 Å². The number of carbonyl (C=O) groups is 2. The zero-order chi connectivity index (χ0) is 17.5. The predicted octanol–water partition coefficient (Wildman–Crippen LogP) is 2.41. The summed E-state index contributed by atoms with van der Waals surface area (Å²) in [6.07, 6.45) is 0.593. The normalized spacial score (nSPS) is 10.2. The lowest BCUT2D eigenvalue weighted by molar-refractivity contribution is -0.137. The lowest BCUT2D eigenvalue weighted by Crippen LogP contribution is -2.43. The number of hydrogen-bond acceptors (Lipinski definition) is 3. The fraction of sp³-hybridized carbons (Fsp3) is 0.263. The molecule has 0 bridgehead atoms. The maximum Gasteiger partial charge on any atom is 0.316 e. The molecule has 0 spiro atoms. The van der Waals surface area contributed by atoms with Crippen molar-refractivity contribution in [3.8, 4) is 5.75 Å². The zero-order valence-electron chi connectivity index (χ0n) is 14.0. The number of phenolic OH excluding ortho intramolecular Hbond substituents is 1. The Hall–Kier alpha value is -2.82. The van der Waals surface area contributed by atoms with Gasteiger partial charge in [0, 0.05) is 18.8 Å². The summed E-state index contributed by atoms with van der Waals surface area (Å²) in [5, 5.41) is 11.9. The van der Waals surface area contributed by atoms with Crippen molar-refractivity contribution in [1.29, 1.82) is 0 Å². The number of aromatic hydroxyl groups is 1. The van der Waals surface area contributed by atoms with Gasteiger partial charge in [-0.05, 0) is 55.7 Å². The monoisotopic (exact) mass is 326 g/mol. The van der Waals surface area contributed by atoms with Crippen LogP contribution in [0.5, 0.6) is 5.75 Å². The summed E-state index contributed by atoms with van der Waals surface area (Å²) in [6, 6.07) is 14.3. The Morgan fingerprint density at radius 3 is 2.46 bits per heavy atom. The molecule has 2 rings (SSSR count). The van der Waals surface area contributed by atoms with Gasteiger partial charge in [-0.3, -0.25) is 9.59 Å². The van der Waals surface area contributed by atoms with Crippen molar-refractivity contribution in [3.05, 3.63) is 59.7 Å². The average Bonchev–Trinajstić information content (AvgIpc) is 2.57. The molecule has 0 aliphatic heterocycles. The second kappa shape index (κ2) is 8.15. The average molecular weight is 326 g/mol. The third-order valence-corrected chi connectivity index (χ3v) is 3.70. The molecule has 2 aromatic carbocycles. The van der Waals surface area contributed by atoms with E-state index in [0.717, 1.165) is 16.8 Å². The Morgan fingerprint density at radius 1 is 1.12 bits per heavy atom. The fourth-order valence-corrected chi connectivity index (χ4v) is 2.42. The van der Waals surface area contributed by atoms with E-state index < -0.39 is 11.8 Å². The van der Waals surface area contributed by atoms with Gasteiger partial charge in [-0.15, -0.1) is 0 Å². The number of amides is 2. The van der Waals surface area contributed by atoms with Crippen LogP contribution in [0.3, 0.4) is 0 Å². The highest BCUT2D eigenvalue weighted by Gasteiger charge is 2.21. The number of hydrogen-bond donors (Lipinski definition) is 2. The highest BCUT2D eigenvalue weighted by molar-refractivity contribution is 6.40. The first-order valence-electron chi connectivity index (χ1n) is 7.95. The van der Waals surface area contributed by atoms with E-state index in [9.17, 15) is 14.7 Å². The molecule has 5 heteroatoms. The quantitative estimate of drug-likeness (QED) is 0.829. The summed E-state index contributed by atoms with van der Waals surface area (Å²) in [5.41, 5.74) is 2.73.